The lowest BCUT2D eigenvalue weighted by molar-refractivity contribution is 0.0934. The summed E-state index contributed by atoms with van der Waals surface area (Å²) in [6.45, 7) is 1.95. The van der Waals surface area contributed by atoms with Gasteiger partial charge in [-0.25, -0.2) is 9.97 Å². The number of nitrogens with one attached hydrogen (secondary N) is 1. The molecule has 0 saturated heterocycles. The predicted molar refractivity (Wildman–Crippen MR) is 98.9 cm³/mol. The summed E-state index contributed by atoms with van der Waals surface area (Å²) in [6.07, 6.45) is 1.41. The van der Waals surface area contributed by atoms with Crippen LogP contribution in [0.5, 0.6) is 0 Å². The number of aromatic nitrogens is 2. The van der Waals surface area contributed by atoms with E-state index in [2.05, 4.69) is 15.3 Å². The van der Waals surface area contributed by atoms with Crippen LogP contribution in [0.25, 0.3) is 0 Å². The second-order valence-corrected chi connectivity index (χ2v) is 5.76. The Bertz CT molecular complexity index is 837. The lowest BCUT2D eigenvalue weighted by Gasteiger charge is -2.19. The molecule has 0 spiro atoms. The van der Waals surface area contributed by atoms with Crippen molar-refractivity contribution >= 4 is 17.4 Å². The first kappa shape index (κ1) is 16.6. The monoisotopic (exact) mass is 332 g/mol. The minimum atomic E-state index is -0.221. The molecule has 2 aromatic carbocycles. The van der Waals surface area contributed by atoms with Crippen LogP contribution in [-0.4, -0.2) is 22.9 Å². The van der Waals surface area contributed by atoms with Gasteiger partial charge in [-0.3, -0.25) is 4.79 Å². The Morgan fingerprint density at radius 1 is 1.00 bits per heavy atom. The molecule has 0 aliphatic rings. The summed E-state index contributed by atoms with van der Waals surface area (Å²) in [6, 6.07) is 21.3. The molecule has 0 fully saturated rings. The van der Waals surface area contributed by atoms with Crippen LogP contribution in [0.4, 0.5) is 11.5 Å². The molecule has 3 aromatic rings. The van der Waals surface area contributed by atoms with Gasteiger partial charge in [0.25, 0.3) is 5.91 Å². The molecule has 0 bridgehead atoms. The second-order valence-electron chi connectivity index (χ2n) is 5.76. The SMILES string of the molecule is CC(NC(=O)c1cc(N(C)c2ccccc2)ncn1)c1ccccc1. The van der Waals surface area contributed by atoms with Crippen LogP contribution >= 0.6 is 0 Å². The molecular weight excluding hydrogens is 312 g/mol. The number of benzene rings is 2. The van der Waals surface area contributed by atoms with Gasteiger partial charge in [-0.15, -0.1) is 0 Å². The summed E-state index contributed by atoms with van der Waals surface area (Å²) >= 11 is 0. The van der Waals surface area contributed by atoms with Gasteiger partial charge in [-0.2, -0.15) is 0 Å². The highest BCUT2D eigenvalue weighted by Crippen LogP contribution is 2.21. The van der Waals surface area contributed by atoms with Crippen molar-refractivity contribution in [3.63, 3.8) is 0 Å². The predicted octanol–water partition coefficient (Wildman–Crippen LogP) is 3.74. The van der Waals surface area contributed by atoms with Gasteiger partial charge in [0.05, 0.1) is 6.04 Å². The highest BCUT2D eigenvalue weighted by molar-refractivity contribution is 5.93. The molecule has 0 aliphatic heterocycles. The van der Waals surface area contributed by atoms with E-state index < -0.39 is 0 Å². The highest BCUT2D eigenvalue weighted by atomic mass is 16.1. The summed E-state index contributed by atoms with van der Waals surface area (Å²) in [7, 11) is 1.91. The number of nitrogens with zero attached hydrogens (tertiary/aromatic N) is 3. The van der Waals surface area contributed by atoms with E-state index in [9.17, 15) is 4.79 Å². The van der Waals surface area contributed by atoms with Crippen molar-refractivity contribution in [2.24, 2.45) is 0 Å². The van der Waals surface area contributed by atoms with Crippen molar-refractivity contribution in [3.8, 4) is 0 Å². The Morgan fingerprint density at radius 3 is 2.32 bits per heavy atom. The average Bonchev–Trinajstić information content (AvgIpc) is 2.68. The van der Waals surface area contributed by atoms with Gasteiger partial charge in [0.2, 0.25) is 0 Å². The van der Waals surface area contributed by atoms with Gasteiger partial charge in [-0.1, -0.05) is 48.5 Å². The number of carbonyl (C=O) groups is 1. The first-order valence-electron chi connectivity index (χ1n) is 8.12. The van der Waals surface area contributed by atoms with E-state index in [1.807, 2.05) is 79.5 Å². The van der Waals surface area contributed by atoms with Crippen molar-refractivity contribution in [2.75, 3.05) is 11.9 Å². The van der Waals surface area contributed by atoms with Gasteiger partial charge in [0.15, 0.2) is 0 Å². The zero-order chi connectivity index (χ0) is 17.6. The summed E-state index contributed by atoms with van der Waals surface area (Å²) in [5.41, 5.74) is 2.38. The normalized spacial score (nSPS) is 11.6. The molecule has 1 unspecified atom stereocenters. The number of hydrogen-bond donors (Lipinski definition) is 1. The minimum Gasteiger partial charge on any atom is -0.344 e. The van der Waals surface area contributed by atoms with Crippen LogP contribution in [0.3, 0.4) is 0 Å². The lowest BCUT2D eigenvalue weighted by Crippen LogP contribution is -2.27. The maximum absolute atomic E-state index is 12.5. The van der Waals surface area contributed by atoms with Crippen molar-refractivity contribution in [2.45, 2.75) is 13.0 Å². The molecule has 0 aliphatic carbocycles. The number of rotatable bonds is 5. The Morgan fingerprint density at radius 2 is 1.64 bits per heavy atom. The van der Waals surface area contributed by atoms with Gasteiger partial charge >= 0.3 is 0 Å². The number of amides is 1. The number of para-hydroxylation sites is 1. The average molecular weight is 332 g/mol. The van der Waals surface area contributed by atoms with E-state index in [4.69, 9.17) is 0 Å². The van der Waals surface area contributed by atoms with E-state index in [0.29, 0.717) is 11.5 Å². The molecule has 1 N–H and O–H groups in total. The van der Waals surface area contributed by atoms with Gasteiger partial charge in [-0.05, 0) is 24.6 Å². The van der Waals surface area contributed by atoms with Crippen LogP contribution in [0.15, 0.2) is 73.1 Å². The topological polar surface area (TPSA) is 58.1 Å². The van der Waals surface area contributed by atoms with Crippen molar-refractivity contribution < 1.29 is 4.79 Å². The second kappa shape index (κ2) is 7.57. The molecule has 1 aromatic heterocycles. The maximum atomic E-state index is 12.5. The molecule has 5 heteroatoms. The molecular formula is C20H20N4O. The van der Waals surface area contributed by atoms with E-state index in [0.717, 1.165) is 11.3 Å². The quantitative estimate of drug-likeness (QED) is 0.773. The smallest absolute Gasteiger partial charge is 0.270 e. The standard InChI is InChI=1S/C20H20N4O/c1-15(16-9-5-3-6-10-16)23-20(25)18-13-19(22-14-21-18)24(2)17-11-7-4-8-12-17/h3-15H,1-2H3,(H,23,25). The fraction of sp³-hybridized carbons (Fsp3) is 0.150. The van der Waals surface area contributed by atoms with E-state index in [1.165, 1.54) is 6.33 Å². The molecule has 0 saturated carbocycles. The first-order valence-corrected chi connectivity index (χ1v) is 8.12. The zero-order valence-electron chi connectivity index (χ0n) is 14.3. The molecule has 5 nitrogen and oxygen atoms in total. The van der Waals surface area contributed by atoms with Crippen LogP contribution < -0.4 is 10.2 Å². The molecule has 1 atom stereocenters. The van der Waals surface area contributed by atoms with E-state index >= 15 is 0 Å². The van der Waals surface area contributed by atoms with Crippen molar-refractivity contribution in [3.05, 3.63) is 84.3 Å². The minimum absolute atomic E-state index is 0.0982. The number of hydrogen-bond acceptors (Lipinski definition) is 4. The summed E-state index contributed by atoms with van der Waals surface area (Å²) < 4.78 is 0. The van der Waals surface area contributed by atoms with Crippen LogP contribution in [0.1, 0.15) is 29.0 Å². The fourth-order valence-corrected chi connectivity index (χ4v) is 2.53. The van der Waals surface area contributed by atoms with E-state index in [-0.39, 0.29) is 11.9 Å². The Labute approximate surface area is 147 Å². The van der Waals surface area contributed by atoms with Gasteiger partial charge < -0.3 is 10.2 Å². The lowest BCUT2D eigenvalue weighted by atomic mass is 10.1. The van der Waals surface area contributed by atoms with Crippen LogP contribution in [0, 0.1) is 0 Å². The maximum Gasteiger partial charge on any atom is 0.270 e. The molecule has 0 radical (unpaired) electrons. The fourth-order valence-electron chi connectivity index (χ4n) is 2.53. The van der Waals surface area contributed by atoms with Crippen LogP contribution in [0.2, 0.25) is 0 Å². The summed E-state index contributed by atoms with van der Waals surface area (Å²) in [5.74, 6) is 0.445. The number of carbonyl (C=O) groups excluding carboxylic acids is 1. The Hall–Kier alpha value is -3.21. The Kier molecular flexibility index (Phi) is 5.04. The highest BCUT2D eigenvalue weighted by Gasteiger charge is 2.14. The third-order valence-corrected chi connectivity index (χ3v) is 4.02. The molecule has 1 amide bonds. The largest absolute Gasteiger partial charge is 0.344 e. The first-order chi connectivity index (χ1) is 12.1. The third kappa shape index (κ3) is 4.01. The third-order valence-electron chi connectivity index (χ3n) is 4.02. The molecule has 25 heavy (non-hydrogen) atoms. The molecule has 3 rings (SSSR count). The zero-order valence-corrected chi connectivity index (χ0v) is 14.3. The van der Waals surface area contributed by atoms with Crippen molar-refractivity contribution in [1.82, 2.24) is 15.3 Å². The van der Waals surface area contributed by atoms with E-state index in [1.54, 1.807) is 6.07 Å². The summed E-state index contributed by atoms with van der Waals surface area (Å²) in [4.78, 5) is 22.8. The molecule has 1 heterocycles. The van der Waals surface area contributed by atoms with Crippen molar-refractivity contribution in [1.29, 1.82) is 0 Å². The van der Waals surface area contributed by atoms with Gasteiger partial charge in [0.1, 0.15) is 17.8 Å². The summed E-state index contributed by atoms with van der Waals surface area (Å²) in [5, 5.41) is 2.97. The van der Waals surface area contributed by atoms with Crippen LogP contribution in [-0.2, 0) is 0 Å². The van der Waals surface area contributed by atoms with Gasteiger partial charge in [0, 0.05) is 18.8 Å². The number of anilines is 2. The Balaban J connectivity index is 1.76. The molecule has 126 valence electrons.